The van der Waals surface area contributed by atoms with E-state index in [0.29, 0.717) is 0 Å². The molecule has 1 aromatic rings. The van der Waals surface area contributed by atoms with Gasteiger partial charge in [0.2, 0.25) is 0 Å². The third-order valence-corrected chi connectivity index (χ3v) is 1.46. The van der Waals surface area contributed by atoms with Crippen molar-refractivity contribution < 1.29 is 18.6 Å². The first-order chi connectivity index (χ1) is 2.89. The number of rotatable bonds is 0. The Morgan fingerprint density at radius 2 is 2.29 bits per heavy atom. The topological polar surface area (TPSA) is 0 Å². The van der Waals surface area contributed by atoms with Gasteiger partial charge in [0.25, 0.3) is 0 Å². The van der Waals surface area contributed by atoms with Crippen LogP contribution >= 0.6 is 11.3 Å². The molecule has 2 heteroatoms. The van der Waals surface area contributed by atoms with E-state index in [1.54, 1.807) is 11.3 Å². The second-order valence-corrected chi connectivity index (χ2v) is 2.38. The van der Waals surface area contributed by atoms with Gasteiger partial charge in [0.15, 0.2) is 0 Å². The molecule has 0 saturated carbocycles. The van der Waals surface area contributed by atoms with E-state index < -0.39 is 0 Å². The van der Waals surface area contributed by atoms with Crippen molar-refractivity contribution in [2.24, 2.45) is 0 Å². The maximum atomic E-state index is 2.10. The van der Waals surface area contributed by atoms with Gasteiger partial charge in [-0.3, -0.25) is 0 Å². The molecular weight excluding hydrogens is 143 g/mol. The SMILES string of the molecule is Cc1cccs1.[V]. The summed E-state index contributed by atoms with van der Waals surface area (Å²) in [5.41, 5.74) is 0. The summed E-state index contributed by atoms with van der Waals surface area (Å²) in [5.74, 6) is 0. The summed E-state index contributed by atoms with van der Waals surface area (Å²) in [6.07, 6.45) is 0. The average molecular weight is 149 g/mol. The van der Waals surface area contributed by atoms with E-state index in [1.165, 1.54) is 4.88 Å². The van der Waals surface area contributed by atoms with E-state index in [0.717, 1.165) is 0 Å². The van der Waals surface area contributed by atoms with Crippen molar-refractivity contribution in [1.82, 2.24) is 0 Å². The summed E-state index contributed by atoms with van der Waals surface area (Å²) < 4.78 is 0. The van der Waals surface area contributed by atoms with Crippen LogP contribution in [-0.2, 0) is 18.6 Å². The van der Waals surface area contributed by atoms with Gasteiger partial charge in [-0.1, -0.05) is 6.07 Å². The monoisotopic (exact) mass is 149 g/mol. The molecule has 0 N–H and O–H groups in total. The van der Waals surface area contributed by atoms with Crippen LogP contribution in [0.15, 0.2) is 17.5 Å². The van der Waals surface area contributed by atoms with Crippen molar-refractivity contribution in [3.05, 3.63) is 22.4 Å². The Kier molecular flexibility index (Phi) is 3.44. The van der Waals surface area contributed by atoms with Crippen LogP contribution in [0.4, 0.5) is 0 Å². The maximum absolute atomic E-state index is 2.10. The van der Waals surface area contributed by atoms with E-state index in [4.69, 9.17) is 0 Å². The molecule has 0 aliphatic carbocycles. The zero-order chi connectivity index (χ0) is 4.41. The van der Waals surface area contributed by atoms with E-state index in [9.17, 15) is 0 Å². The normalized spacial score (nSPS) is 7.57. The van der Waals surface area contributed by atoms with E-state index in [2.05, 4.69) is 24.4 Å². The van der Waals surface area contributed by atoms with Gasteiger partial charge in [-0.05, 0) is 18.4 Å². The summed E-state index contributed by atoms with van der Waals surface area (Å²) in [4.78, 5) is 1.38. The molecule has 0 unspecified atom stereocenters. The third-order valence-electron chi connectivity index (χ3n) is 0.663. The van der Waals surface area contributed by atoms with Crippen LogP contribution in [0.25, 0.3) is 0 Å². The molecule has 0 spiro atoms. The van der Waals surface area contributed by atoms with Crippen LogP contribution in [0.3, 0.4) is 0 Å². The number of hydrogen-bond acceptors (Lipinski definition) is 1. The molecule has 1 heterocycles. The van der Waals surface area contributed by atoms with Crippen molar-refractivity contribution in [3.63, 3.8) is 0 Å². The molecule has 0 nitrogen and oxygen atoms in total. The summed E-state index contributed by atoms with van der Waals surface area (Å²) in [6.45, 7) is 2.10. The molecule has 1 rings (SSSR count). The molecule has 1 aromatic heterocycles. The molecule has 37 valence electrons. The molecule has 0 aliphatic rings. The first-order valence-electron chi connectivity index (χ1n) is 1.90. The summed E-state index contributed by atoms with van der Waals surface area (Å²) in [6, 6.07) is 4.16. The van der Waals surface area contributed by atoms with Gasteiger partial charge in [-0.15, -0.1) is 11.3 Å². The summed E-state index contributed by atoms with van der Waals surface area (Å²) in [7, 11) is 0. The minimum absolute atomic E-state index is 0. The number of hydrogen-bond donors (Lipinski definition) is 0. The van der Waals surface area contributed by atoms with Crippen LogP contribution in [0.1, 0.15) is 4.88 Å². The molecule has 0 aliphatic heterocycles. The zero-order valence-corrected chi connectivity index (χ0v) is 6.30. The fourth-order valence-corrected chi connectivity index (χ4v) is 0.890. The predicted molar refractivity (Wildman–Crippen MR) is 29.1 cm³/mol. The Bertz CT molecular complexity index is 112. The van der Waals surface area contributed by atoms with Gasteiger partial charge in [0, 0.05) is 23.4 Å². The Hall–Kier alpha value is 0.284. The van der Waals surface area contributed by atoms with Gasteiger partial charge in [0.05, 0.1) is 0 Å². The smallest absolute Gasteiger partial charge is 0.00141 e. The second-order valence-electron chi connectivity index (χ2n) is 1.22. The third kappa shape index (κ3) is 2.17. The Morgan fingerprint density at radius 3 is 2.43 bits per heavy atom. The van der Waals surface area contributed by atoms with Crippen LogP contribution in [0, 0.1) is 6.92 Å². The molecular formula is C5H6SV. The van der Waals surface area contributed by atoms with Gasteiger partial charge in [0.1, 0.15) is 0 Å². The van der Waals surface area contributed by atoms with Gasteiger partial charge in [-0.25, -0.2) is 0 Å². The van der Waals surface area contributed by atoms with Crippen molar-refractivity contribution in [1.29, 1.82) is 0 Å². The molecule has 0 atom stereocenters. The molecule has 0 amide bonds. The molecule has 0 aromatic carbocycles. The standard InChI is InChI=1S/C5H6S.V/c1-5-3-2-4-6-5;/h2-4H,1H3;. The quantitative estimate of drug-likeness (QED) is 0.529. The van der Waals surface area contributed by atoms with Crippen molar-refractivity contribution in [2.75, 3.05) is 0 Å². The Morgan fingerprint density at radius 1 is 1.57 bits per heavy atom. The summed E-state index contributed by atoms with van der Waals surface area (Å²) >= 11 is 1.78. The fourth-order valence-electron chi connectivity index (χ4n) is 0.361. The fraction of sp³-hybridized carbons (Fsp3) is 0.200. The van der Waals surface area contributed by atoms with Crippen LogP contribution in [0.2, 0.25) is 0 Å². The average Bonchev–Trinajstić information content (AvgIpc) is 1.86. The number of thiophene rings is 1. The van der Waals surface area contributed by atoms with Gasteiger partial charge in [-0.2, -0.15) is 0 Å². The van der Waals surface area contributed by atoms with E-state index >= 15 is 0 Å². The van der Waals surface area contributed by atoms with Gasteiger partial charge >= 0.3 is 0 Å². The largest absolute Gasteiger partial charge is 0.149 e. The van der Waals surface area contributed by atoms with Crippen molar-refractivity contribution in [2.45, 2.75) is 6.92 Å². The molecule has 0 fully saturated rings. The Labute approximate surface area is 59.4 Å². The van der Waals surface area contributed by atoms with E-state index in [-0.39, 0.29) is 18.6 Å². The Balaban J connectivity index is 0.000000360. The summed E-state index contributed by atoms with van der Waals surface area (Å²) in [5, 5.41) is 2.08. The van der Waals surface area contributed by atoms with Crippen molar-refractivity contribution >= 4 is 11.3 Å². The molecule has 0 saturated heterocycles. The molecule has 0 bridgehead atoms. The molecule has 7 heavy (non-hydrogen) atoms. The maximum Gasteiger partial charge on any atom is 0.00141 e. The van der Waals surface area contributed by atoms with E-state index in [1.807, 2.05) is 0 Å². The first-order valence-corrected chi connectivity index (χ1v) is 2.77. The number of aryl methyl sites for hydroxylation is 1. The minimum Gasteiger partial charge on any atom is -0.149 e. The van der Waals surface area contributed by atoms with Gasteiger partial charge < -0.3 is 0 Å². The van der Waals surface area contributed by atoms with Crippen LogP contribution < -0.4 is 0 Å². The molecule has 1 radical (unpaired) electrons. The van der Waals surface area contributed by atoms with Crippen LogP contribution in [-0.4, -0.2) is 0 Å². The minimum atomic E-state index is 0. The zero-order valence-electron chi connectivity index (χ0n) is 4.09. The van der Waals surface area contributed by atoms with Crippen LogP contribution in [0.5, 0.6) is 0 Å². The van der Waals surface area contributed by atoms with Crippen molar-refractivity contribution in [3.8, 4) is 0 Å². The second kappa shape index (κ2) is 3.31. The predicted octanol–water partition coefficient (Wildman–Crippen LogP) is 2.05. The first kappa shape index (κ1) is 7.28.